The van der Waals surface area contributed by atoms with Gasteiger partial charge in [-0.3, -0.25) is 0 Å². The summed E-state index contributed by atoms with van der Waals surface area (Å²) in [5.41, 5.74) is 2.53. The lowest BCUT2D eigenvalue weighted by Gasteiger charge is -2.26. The van der Waals surface area contributed by atoms with E-state index in [2.05, 4.69) is 53.3 Å². The second-order valence-corrected chi connectivity index (χ2v) is 7.56. The van der Waals surface area contributed by atoms with Crippen LogP contribution in [0.3, 0.4) is 0 Å². The third-order valence-electron chi connectivity index (χ3n) is 4.16. The molecule has 4 nitrogen and oxygen atoms in total. The predicted octanol–water partition coefficient (Wildman–Crippen LogP) is 3.26. The van der Waals surface area contributed by atoms with Gasteiger partial charge in [0, 0.05) is 47.4 Å². The molecule has 2 N–H and O–H groups in total. The summed E-state index contributed by atoms with van der Waals surface area (Å²) in [5, 5.41) is 11.7. The molecule has 1 aliphatic rings. The zero-order valence-electron chi connectivity index (χ0n) is 13.2. The highest BCUT2D eigenvalue weighted by atomic mass is 32.1. The van der Waals surface area contributed by atoms with Gasteiger partial charge in [-0.1, -0.05) is 0 Å². The molecule has 5 heteroatoms. The lowest BCUT2D eigenvalue weighted by atomic mass is 10.1. The fraction of sp³-hybridized carbons (Fsp3) is 0.562. The first kappa shape index (κ1) is 14.6. The van der Waals surface area contributed by atoms with Gasteiger partial charge in [-0.05, 0) is 39.3 Å². The largest absolute Gasteiger partial charge is 0.370 e. The topological polar surface area (TPSA) is 41.9 Å². The van der Waals surface area contributed by atoms with Gasteiger partial charge in [0.2, 0.25) is 0 Å². The molecule has 114 valence electrons. The van der Waals surface area contributed by atoms with Gasteiger partial charge in [-0.2, -0.15) is 5.10 Å². The van der Waals surface area contributed by atoms with Crippen LogP contribution in [-0.2, 0) is 6.54 Å². The highest BCUT2D eigenvalue weighted by Crippen LogP contribution is 2.26. The normalized spacial score (nSPS) is 19.1. The molecule has 2 unspecified atom stereocenters. The molecular formula is C16H24N4S. The Bertz CT molecular complexity index is 628. The Hall–Kier alpha value is -1.33. The van der Waals surface area contributed by atoms with Crippen LogP contribution in [-0.4, -0.2) is 22.9 Å². The van der Waals surface area contributed by atoms with Crippen molar-refractivity contribution in [2.75, 3.05) is 18.4 Å². The fourth-order valence-corrected chi connectivity index (χ4v) is 4.08. The van der Waals surface area contributed by atoms with Crippen LogP contribution in [0.1, 0.15) is 34.0 Å². The number of hydrogen-bond acceptors (Lipinski definition) is 4. The number of fused-ring (bicyclic) bond motifs is 1. The molecule has 2 aromatic rings. The van der Waals surface area contributed by atoms with Crippen molar-refractivity contribution < 1.29 is 0 Å². The quantitative estimate of drug-likeness (QED) is 0.911. The van der Waals surface area contributed by atoms with Crippen LogP contribution < -0.4 is 10.6 Å². The number of rotatable bonds is 4. The van der Waals surface area contributed by atoms with Crippen molar-refractivity contribution in [3.8, 4) is 0 Å². The number of nitrogens with one attached hydrogen (secondary N) is 2. The van der Waals surface area contributed by atoms with E-state index in [1.165, 1.54) is 15.3 Å². The Balaban J connectivity index is 1.57. The third kappa shape index (κ3) is 3.14. The average molecular weight is 304 g/mol. The molecule has 2 aromatic heterocycles. The van der Waals surface area contributed by atoms with E-state index in [4.69, 9.17) is 0 Å². The maximum atomic E-state index is 4.53. The summed E-state index contributed by atoms with van der Waals surface area (Å²) in [6, 6.07) is 4.84. The summed E-state index contributed by atoms with van der Waals surface area (Å²) in [4.78, 5) is 2.83. The van der Waals surface area contributed by atoms with Crippen molar-refractivity contribution in [3.05, 3.63) is 33.1 Å². The number of anilines is 1. The molecule has 0 saturated heterocycles. The maximum absolute atomic E-state index is 4.53. The first-order valence-electron chi connectivity index (χ1n) is 7.61. The SMILES string of the molecule is Cc1cc2n(n1)CC(CNC(C)c1cc(C)sc1C)CN2. The number of aromatic nitrogens is 2. The molecule has 21 heavy (non-hydrogen) atoms. The van der Waals surface area contributed by atoms with Crippen molar-refractivity contribution in [2.45, 2.75) is 40.3 Å². The summed E-state index contributed by atoms with van der Waals surface area (Å²) in [6.07, 6.45) is 0. The average Bonchev–Trinajstić information content (AvgIpc) is 2.96. The maximum Gasteiger partial charge on any atom is 0.124 e. The molecule has 3 rings (SSSR count). The first-order chi connectivity index (χ1) is 10.0. The van der Waals surface area contributed by atoms with Gasteiger partial charge in [-0.25, -0.2) is 4.68 Å². The molecule has 0 aliphatic carbocycles. The van der Waals surface area contributed by atoms with E-state index in [1.54, 1.807) is 0 Å². The van der Waals surface area contributed by atoms with Crippen LogP contribution in [0.5, 0.6) is 0 Å². The van der Waals surface area contributed by atoms with Crippen molar-refractivity contribution in [1.29, 1.82) is 0 Å². The Labute approximate surface area is 130 Å². The molecule has 3 heterocycles. The second-order valence-electron chi connectivity index (χ2n) is 6.10. The highest BCUT2D eigenvalue weighted by Gasteiger charge is 2.20. The Morgan fingerprint density at radius 1 is 1.43 bits per heavy atom. The second kappa shape index (κ2) is 5.81. The summed E-state index contributed by atoms with van der Waals surface area (Å²) >= 11 is 1.89. The van der Waals surface area contributed by atoms with Crippen LogP contribution in [0.4, 0.5) is 5.82 Å². The molecule has 2 atom stereocenters. The summed E-state index contributed by atoms with van der Waals surface area (Å²) in [6.45, 7) is 11.7. The molecule has 0 radical (unpaired) electrons. The summed E-state index contributed by atoms with van der Waals surface area (Å²) in [5.74, 6) is 1.74. The number of nitrogens with zero attached hydrogens (tertiary/aromatic N) is 2. The fourth-order valence-electron chi connectivity index (χ4n) is 3.06. The first-order valence-corrected chi connectivity index (χ1v) is 8.43. The van der Waals surface area contributed by atoms with Gasteiger partial charge in [0.25, 0.3) is 0 Å². The summed E-state index contributed by atoms with van der Waals surface area (Å²) < 4.78 is 2.09. The monoisotopic (exact) mass is 304 g/mol. The van der Waals surface area contributed by atoms with Crippen molar-refractivity contribution >= 4 is 17.2 Å². The van der Waals surface area contributed by atoms with Crippen LogP contribution in [0, 0.1) is 26.7 Å². The molecule has 0 saturated carbocycles. The Morgan fingerprint density at radius 3 is 2.95 bits per heavy atom. The van der Waals surface area contributed by atoms with E-state index in [0.29, 0.717) is 12.0 Å². The Kier molecular flexibility index (Phi) is 4.04. The molecule has 0 spiro atoms. The van der Waals surface area contributed by atoms with E-state index < -0.39 is 0 Å². The molecule has 0 amide bonds. The number of aryl methyl sites for hydroxylation is 3. The molecule has 0 fully saturated rings. The third-order valence-corrected chi connectivity index (χ3v) is 5.15. The van der Waals surface area contributed by atoms with Crippen LogP contribution in [0.2, 0.25) is 0 Å². The van der Waals surface area contributed by atoms with E-state index in [-0.39, 0.29) is 0 Å². The van der Waals surface area contributed by atoms with Gasteiger partial charge in [0.15, 0.2) is 0 Å². The van der Waals surface area contributed by atoms with E-state index >= 15 is 0 Å². The van der Waals surface area contributed by atoms with Crippen molar-refractivity contribution in [3.63, 3.8) is 0 Å². The predicted molar refractivity (Wildman–Crippen MR) is 89.2 cm³/mol. The minimum atomic E-state index is 0.413. The van der Waals surface area contributed by atoms with E-state index in [9.17, 15) is 0 Å². The van der Waals surface area contributed by atoms with Gasteiger partial charge in [0.05, 0.1) is 5.69 Å². The summed E-state index contributed by atoms with van der Waals surface area (Å²) in [7, 11) is 0. The van der Waals surface area contributed by atoms with Gasteiger partial charge < -0.3 is 10.6 Å². The lowest BCUT2D eigenvalue weighted by molar-refractivity contribution is 0.375. The molecular weight excluding hydrogens is 280 g/mol. The molecule has 1 aliphatic heterocycles. The Morgan fingerprint density at radius 2 is 2.24 bits per heavy atom. The smallest absolute Gasteiger partial charge is 0.124 e. The number of hydrogen-bond donors (Lipinski definition) is 2. The zero-order chi connectivity index (χ0) is 15.0. The van der Waals surface area contributed by atoms with Crippen LogP contribution >= 0.6 is 11.3 Å². The minimum Gasteiger partial charge on any atom is -0.370 e. The highest BCUT2D eigenvalue weighted by molar-refractivity contribution is 7.12. The van der Waals surface area contributed by atoms with Gasteiger partial charge in [-0.15, -0.1) is 11.3 Å². The van der Waals surface area contributed by atoms with Crippen LogP contribution in [0.25, 0.3) is 0 Å². The zero-order valence-corrected chi connectivity index (χ0v) is 14.0. The van der Waals surface area contributed by atoms with Gasteiger partial charge in [0.1, 0.15) is 5.82 Å². The standard InChI is InChI=1S/C16H24N4S/c1-10-5-16-18-8-14(9-20(16)19-10)7-17-12(3)15-6-11(2)21-13(15)4/h5-6,12,14,17-18H,7-9H2,1-4H3. The van der Waals surface area contributed by atoms with Gasteiger partial charge >= 0.3 is 0 Å². The number of thiophene rings is 1. The van der Waals surface area contributed by atoms with Crippen molar-refractivity contribution in [1.82, 2.24) is 15.1 Å². The lowest BCUT2D eigenvalue weighted by Crippen LogP contribution is -2.36. The van der Waals surface area contributed by atoms with Crippen LogP contribution in [0.15, 0.2) is 12.1 Å². The van der Waals surface area contributed by atoms with Crippen molar-refractivity contribution in [2.24, 2.45) is 5.92 Å². The molecule has 0 bridgehead atoms. The van der Waals surface area contributed by atoms with E-state index in [1.807, 2.05) is 18.3 Å². The molecule has 0 aromatic carbocycles. The minimum absolute atomic E-state index is 0.413. The van der Waals surface area contributed by atoms with E-state index in [0.717, 1.165) is 31.1 Å².